The van der Waals surface area contributed by atoms with Gasteiger partial charge in [-0.25, -0.2) is 9.78 Å². The standard InChI is InChI=1S/C15H16N2O2S/c1-15(13(18)19,11-7-8-11)17-14-16-12(9-20-14)10-5-3-2-4-6-10/h2-6,9,11H,7-8H2,1H3,(H,16,17)(H,18,19). The highest BCUT2D eigenvalue weighted by Crippen LogP contribution is 2.42. The van der Waals surface area contributed by atoms with Gasteiger partial charge in [-0.3, -0.25) is 0 Å². The molecule has 0 saturated heterocycles. The highest BCUT2D eigenvalue weighted by molar-refractivity contribution is 7.14. The predicted molar refractivity (Wildman–Crippen MR) is 79.9 cm³/mol. The number of nitrogens with zero attached hydrogens (tertiary/aromatic N) is 1. The van der Waals surface area contributed by atoms with Gasteiger partial charge in [-0.2, -0.15) is 0 Å². The first-order valence-electron chi connectivity index (χ1n) is 6.62. The number of hydrogen-bond donors (Lipinski definition) is 2. The number of anilines is 1. The maximum atomic E-state index is 11.5. The van der Waals surface area contributed by atoms with Crippen LogP contribution in [-0.4, -0.2) is 21.6 Å². The first-order valence-corrected chi connectivity index (χ1v) is 7.50. The molecule has 1 atom stereocenters. The molecule has 3 rings (SSSR count). The molecule has 4 nitrogen and oxygen atoms in total. The number of carboxylic acid groups (broad SMARTS) is 1. The third kappa shape index (κ3) is 2.41. The first kappa shape index (κ1) is 13.1. The second-order valence-corrected chi connectivity index (χ2v) is 6.17. The van der Waals surface area contributed by atoms with Crippen LogP contribution >= 0.6 is 11.3 Å². The number of aliphatic carboxylic acids is 1. The van der Waals surface area contributed by atoms with Gasteiger partial charge in [0.25, 0.3) is 0 Å². The molecule has 5 heteroatoms. The van der Waals surface area contributed by atoms with E-state index in [-0.39, 0.29) is 5.92 Å². The number of benzene rings is 1. The Balaban J connectivity index is 1.82. The maximum Gasteiger partial charge on any atom is 0.329 e. The number of rotatable bonds is 5. The van der Waals surface area contributed by atoms with Gasteiger partial charge in [-0.1, -0.05) is 30.3 Å². The van der Waals surface area contributed by atoms with Crippen molar-refractivity contribution in [2.45, 2.75) is 25.3 Å². The van der Waals surface area contributed by atoms with Crippen LogP contribution in [-0.2, 0) is 4.79 Å². The van der Waals surface area contributed by atoms with Gasteiger partial charge in [-0.05, 0) is 25.7 Å². The summed E-state index contributed by atoms with van der Waals surface area (Å²) in [4.78, 5) is 16.0. The normalized spacial score (nSPS) is 17.4. The fourth-order valence-electron chi connectivity index (χ4n) is 2.29. The van der Waals surface area contributed by atoms with Crippen LogP contribution in [0.2, 0.25) is 0 Å². The molecule has 1 aliphatic rings. The number of thiazole rings is 1. The summed E-state index contributed by atoms with van der Waals surface area (Å²) in [6.07, 6.45) is 1.93. The molecule has 1 heterocycles. The molecule has 2 N–H and O–H groups in total. The number of hydrogen-bond acceptors (Lipinski definition) is 4. The van der Waals surface area contributed by atoms with Crippen LogP contribution in [0.4, 0.5) is 5.13 Å². The van der Waals surface area contributed by atoms with Crippen LogP contribution in [0.1, 0.15) is 19.8 Å². The molecule has 2 aromatic rings. The molecular weight excluding hydrogens is 272 g/mol. The van der Waals surface area contributed by atoms with Gasteiger partial charge in [0.1, 0.15) is 5.54 Å². The fraction of sp³-hybridized carbons (Fsp3) is 0.333. The molecular formula is C15H16N2O2S. The Labute approximate surface area is 121 Å². The Kier molecular flexibility index (Phi) is 3.22. The van der Waals surface area contributed by atoms with Crippen molar-refractivity contribution in [3.8, 4) is 11.3 Å². The molecule has 1 fully saturated rings. The summed E-state index contributed by atoms with van der Waals surface area (Å²) in [5.74, 6) is -0.611. The van der Waals surface area contributed by atoms with E-state index in [1.807, 2.05) is 35.7 Å². The van der Waals surface area contributed by atoms with Crippen molar-refractivity contribution in [2.75, 3.05) is 5.32 Å². The lowest BCUT2D eigenvalue weighted by Crippen LogP contribution is -2.45. The summed E-state index contributed by atoms with van der Waals surface area (Å²) in [5, 5.41) is 15.2. The topological polar surface area (TPSA) is 62.2 Å². The minimum atomic E-state index is -0.911. The molecule has 20 heavy (non-hydrogen) atoms. The van der Waals surface area contributed by atoms with Crippen LogP contribution in [0.25, 0.3) is 11.3 Å². The van der Waals surface area contributed by atoms with Crippen molar-refractivity contribution in [1.29, 1.82) is 0 Å². The average molecular weight is 288 g/mol. The van der Waals surface area contributed by atoms with Crippen LogP contribution in [0, 0.1) is 5.92 Å². The SMILES string of the molecule is CC(Nc1nc(-c2ccccc2)cs1)(C(=O)O)C1CC1. The summed E-state index contributed by atoms with van der Waals surface area (Å²) in [5.41, 5.74) is 1.01. The van der Waals surface area contributed by atoms with E-state index in [9.17, 15) is 9.90 Å². The van der Waals surface area contributed by atoms with Crippen LogP contribution < -0.4 is 5.32 Å². The minimum absolute atomic E-state index is 0.198. The summed E-state index contributed by atoms with van der Waals surface area (Å²) in [7, 11) is 0. The maximum absolute atomic E-state index is 11.5. The Morgan fingerprint density at radius 2 is 2.10 bits per heavy atom. The number of carbonyl (C=O) groups is 1. The van der Waals surface area contributed by atoms with Crippen LogP contribution in [0.15, 0.2) is 35.7 Å². The molecule has 1 saturated carbocycles. The largest absolute Gasteiger partial charge is 0.480 e. The molecule has 0 bridgehead atoms. The first-order chi connectivity index (χ1) is 9.59. The zero-order valence-corrected chi connectivity index (χ0v) is 12.0. The van der Waals surface area contributed by atoms with Crippen molar-refractivity contribution >= 4 is 22.4 Å². The lowest BCUT2D eigenvalue weighted by molar-refractivity contribution is -0.142. The predicted octanol–water partition coefficient (Wildman–Crippen LogP) is 3.48. The van der Waals surface area contributed by atoms with Crippen LogP contribution in [0.3, 0.4) is 0 Å². The monoisotopic (exact) mass is 288 g/mol. The Morgan fingerprint density at radius 1 is 1.40 bits per heavy atom. The van der Waals surface area contributed by atoms with E-state index in [2.05, 4.69) is 10.3 Å². The molecule has 0 amide bonds. The van der Waals surface area contributed by atoms with E-state index in [4.69, 9.17) is 0 Å². The average Bonchev–Trinajstić information content (AvgIpc) is 3.21. The molecule has 0 radical (unpaired) electrons. The molecule has 1 unspecified atom stereocenters. The second kappa shape index (κ2) is 4.90. The summed E-state index contributed by atoms with van der Waals surface area (Å²) in [6.45, 7) is 1.75. The second-order valence-electron chi connectivity index (χ2n) is 5.31. The molecule has 1 aliphatic carbocycles. The lowest BCUT2D eigenvalue weighted by atomic mass is 9.96. The highest BCUT2D eigenvalue weighted by atomic mass is 32.1. The van der Waals surface area contributed by atoms with Crippen molar-refractivity contribution in [3.05, 3.63) is 35.7 Å². The van der Waals surface area contributed by atoms with Gasteiger partial charge in [0.2, 0.25) is 0 Å². The zero-order valence-electron chi connectivity index (χ0n) is 11.2. The number of carboxylic acids is 1. The Bertz CT molecular complexity index is 622. The molecule has 1 aromatic heterocycles. The van der Waals surface area contributed by atoms with Gasteiger partial charge in [0.05, 0.1) is 5.69 Å². The summed E-state index contributed by atoms with van der Waals surface area (Å²) < 4.78 is 0. The van der Waals surface area contributed by atoms with E-state index in [1.165, 1.54) is 11.3 Å². The van der Waals surface area contributed by atoms with E-state index in [0.717, 1.165) is 24.1 Å². The zero-order chi connectivity index (χ0) is 14.2. The van der Waals surface area contributed by atoms with Crippen molar-refractivity contribution < 1.29 is 9.90 Å². The van der Waals surface area contributed by atoms with Gasteiger partial charge < -0.3 is 10.4 Å². The van der Waals surface area contributed by atoms with Gasteiger partial charge in [0, 0.05) is 10.9 Å². The quantitative estimate of drug-likeness (QED) is 0.884. The van der Waals surface area contributed by atoms with Crippen LogP contribution in [0.5, 0.6) is 0 Å². The Morgan fingerprint density at radius 3 is 2.70 bits per heavy atom. The van der Waals surface area contributed by atoms with Crippen molar-refractivity contribution in [3.63, 3.8) is 0 Å². The third-order valence-corrected chi connectivity index (χ3v) is 4.54. The van der Waals surface area contributed by atoms with E-state index in [0.29, 0.717) is 5.13 Å². The van der Waals surface area contributed by atoms with E-state index < -0.39 is 11.5 Å². The van der Waals surface area contributed by atoms with Crippen molar-refractivity contribution in [1.82, 2.24) is 4.98 Å². The molecule has 0 aliphatic heterocycles. The molecule has 0 spiro atoms. The summed E-state index contributed by atoms with van der Waals surface area (Å²) >= 11 is 1.45. The van der Waals surface area contributed by atoms with E-state index >= 15 is 0 Å². The van der Waals surface area contributed by atoms with Gasteiger partial charge >= 0.3 is 5.97 Å². The molecule has 104 valence electrons. The smallest absolute Gasteiger partial charge is 0.329 e. The highest BCUT2D eigenvalue weighted by Gasteiger charge is 2.48. The number of aromatic nitrogens is 1. The number of nitrogens with one attached hydrogen (secondary N) is 1. The fourth-order valence-corrected chi connectivity index (χ4v) is 3.12. The van der Waals surface area contributed by atoms with Gasteiger partial charge in [-0.15, -0.1) is 11.3 Å². The van der Waals surface area contributed by atoms with E-state index in [1.54, 1.807) is 6.92 Å². The minimum Gasteiger partial charge on any atom is -0.480 e. The van der Waals surface area contributed by atoms with Crippen molar-refractivity contribution in [2.24, 2.45) is 5.92 Å². The lowest BCUT2D eigenvalue weighted by Gasteiger charge is -2.25. The summed E-state index contributed by atoms with van der Waals surface area (Å²) in [6, 6.07) is 9.89. The third-order valence-electron chi connectivity index (χ3n) is 3.78. The Hall–Kier alpha value is -1.88. The van der Waals surface area contributed by atoms with Gasteiger partial charge in [0.15, 0.2) is 5.13 Å². The molecule has 1 aromatic carbocycles.